The van der Waals surface area contributed by atoms with Crippen molar-refractivity contribution in [1.82, 2.24) is 4.72 Å². The van der Waals surface area contributed by atoms with E-state index in [4.69, 9.17) is 4.42 Å². The lowest BCUT2D eigenvalue weighted by atomic mass is 10.2. The number of benzene rings is 2. The first-order chi connectivity index (χ1) is 14.4. The van der Waals surface area contributed by atoms with Crippen LogP contribution in [0.4, 0.5) is 10.1 Å². The lowest BCUT2D eigenvalue weighted by molar-refractivity contribution is 0.0997. The summed E-state index contributed by atoms with van der Waals surface area (Å²) in [6, 6.07) is 14.7. The number of hydrogen-bond donors (Lipinski definition) is 2. The molecule has 0 saturated heterocycles. The molecule has 0 fully saturated rings. The molecule has 7 nitrogen and oxygen atoms in total. The van der Waals surface area contributed by atoms with Gasteiger partial charge in [0.05, 0.1) is 4.90 Å². The van der Waals surface area contributed by atoms with Crippen LogP contribution in [-0.2, 0) is 10.0 Å². The number of amides is 1. The second-order valence-electron chi connectivity index (χ2n) is 6.69. The zero-order valence-corrected chi connectivity index (χ0v) is 16.6. The van der Waals surface area contributed by atoms with Crippen molar-refractivity contribution in [2.24, 2.45) is 4.99 Å². The Hall–Kier alpha value is -3.46. The molecular weight excluding hydrogens is 409 g/mol. The van der Waals surface area contributed by atoms with E-state index < -0.39 is 15.9 Å². The molecule has 2 heterocycles. The van der Waals surface area contributed by atoms with Gasteiger partial charge in [0.1, 0.15) is 17.4 Å². The number of nitrogens with one attached hydrogen (secondary N) is 2. The van der Waals surface area contributed by atoms with Crippen molar-refractivity contribution in [2.75, 3.05) is 11.9 Å². The highest BCUT2D eigenvalue weighted by Crippen LogP contribution is 2.23. The maximum Gasteiger partial charge on any atom is 0.291 e. The summed E-state index contributed by atoms with van der Waals surface area (Å²) in [5, 5.41) is 2.62. The quantitative estimate of drug-likeness (QED) is 0.647. The van der Waals surface area contributed by atoms with Gasteiger partial charge in [-0.3, -0.25) is 14.5 Å². The van der Waals surface area contributed by atoms with Gasteiger partial charge in [0.2, 0.25) is 0 Å². The molecule has 0 unspecified atom stereocenters. The molecule has 154 valence electrons. The number of nitrogens with zero attached hydrogens (tertiary/aromatic N) is 1. The summed E-state index contributed by atoms with van der Waals surface area (Å²) in [5.74, 6) is -0.00831. The van der Waals surface area contributed by atoms with E-state index in [1.807, 2.05) is 0 Å². The predicted octanol–water partition coefficient (Wildman–Crippen LogP) is 3.81. The predicted molar refractivity (Wildman–Crippen MR) is 110 cm³/mol. The first kappa shape index (κ1) is 19.8. The standard InChI is InChI=1S/C21H18FN3O4S/c22-15-8-6-14(7-9-15)18-10-11-19(29-18)21(26)24-16-3-1-4-17(13-16)30(27,28)25-20-5-2-12-23-20/h1,3-4,6-11,13H,2,5,12H2,(H,23,25)(H,24,26). The Bertz CT molecular complexity index is 1220. The molecule has 0 saturated carbocycles. The van der Waals surface area contributed by atoms with Gasteiger partial charge in [-0.05, 0) is 61.0 Å². The number of amidine groups is 1. The Morgan fingerprint density at radius 3 is 2.60 bits per heavy atom. The molecule has 0 atom stereocenters. The zero-order valence-electron chi connectivity index (χ0n) is 15.8. The normalized spacial score (nSPS) is 13.7. The van der Waals surface area contributed by atoms with Crippen LogP contribution in [0.15, 0.2) is 75.0 Å². The fraction of sp³-hybridized carbons (Fsp3) is 0.143. The third-order valence-corrected chi connectivity index (χ3v) is 5.87. The van der Waals surface area contributed by atoms with Crippen LogP contribution >= 0.6 is 0 Å². The summed E-state index contributed by atoms with van der Waals surface area (Å²) in [5.41, 5.74) is 0.931. The minimum Gasteiger partial charge on any atom is -0.451 e. The van der Waals surface area contributed by atoms with Gasteiger partial charge < -0.3 is 9.73 Å². The molecule has 2 aromatic carbocycles. The Morgan fingerprint density at radius 1 is 1.07 bits per heavy atom. The van der Waals surface area contributed by atoms with E-state index in [-0.39, 0.29) is 16.5 Å². The van der Waals surface area contributed by atoms with Crippen molar-refractivity contribution in [3.05, 3.63) is 72.2 Å². The average molecular weight is 427 g/mol. The first-order valence-electron chi connectivity index (χ1n) is 9.24. The van der Waals surface area contributed by atoms with Crippen molar-refractivity contribution in [3.63, 3.8) is 0 Å². The van der Waals surface area contributed by atoms with Crippen LogP contribution in [0, 0.1) is 5.82 Å². The number of halogens is 1. The van der Waals surface area contributed by atoms with Gasteiger partial charge in [-0.1, -0.05) is 6.07 Å². The van der Waals surface area contributed by atoms with Gasteiger partial charge in [0.25, 0.3) is 15.9 Å². The van der Waals surface area contributed by atoms with Gasteiger partial charge in [-0.15, -0.1) is 0 Å². The molecule has 1 aliphatic rings. The number of hydrogen-bond acceptors (Lipinski definition) is 5. The van der Waals surface area contributed by atoms with Crippen molar-refractivity contribution < 1.29 is 22.0 Å². The van der Waals surface area contributed by atoms with E-state index in [0.29, 0.717) is 35.8 Å². The van der Waals surface area contributed by atoms with Crippen LogP contribution in [0.5, 0.6) is 0 Å². The van der Waals surface area contributed by atoms with E-state index in [9.17, 15) is 17.6 Å². The second-order valence-corrected chi connectivity index (χ2v) is 8.37. The molecule has 0 radical (unpaired) electrons. The van der Waals surface area contributed by atoms with E-state index >= 15 is 0 Å². The molecular formula is C21H18FN3O4S. The lowest BCUT2D eigenvalue weighted by Gasteiger charge is -2.09. The van der Waals surface area contributed by atoms with Crippen molar-refractivity contribution in [1.29, 1.82) is 0 Å². The van der Waals surface area contributed by atoms with E-state index in [1.54, 1.807) is 24.3 Å². The molecule has 1 amide bonds. The molecule has 4 rings (SSSR count). The van der Waals surface area contributed by atoms with Crippen molar-refractivity contribution >= 4 is 27.5 Å². The third-order valence-electron chi connectivity index (χ3n) is 4.49. The van der Waals surface area contributed by atoms with Gasteiger partial charge in [0, 0.05) is 24.2 Å². The van der Waals surface area contributed by atoms with Gasteiger partial charge in [-0.25, -0.2) is 12.8 Å². The smallest absolute Gasteiger partial charge is 0.291 e. The highest BCUT2D eigenvalue weighted by atomic mass is 32.2. The molecule has 1 aromatic heterocycles. The summed E-state index contributed by atoms with van der Waals surface area (Å²) in [6.07, 6.45) is 1.40. The maximum atomic E-state index is 13.1. The van der Waals surface area contributed by atoms with Crippen molar-refractivity contribution in [3.8, 4) is 11.3 Å². The van der Waals surface area contributed by atoms with E-state index in [2.05, 4.69) is 15.0 Å². The minimum atomic E-state index is -3.79. The molecule has 0 spiro atoms. The highest BCUT2D eigenvalue weighted by molar-refractivity contribution is 7.90. The Morgan fingerprint density at radius 2 is 1.87 bits per heavy atom. The van der Waals surface area contributed by atoms with Crippen molar-refractivity contribution in [2.45, 2.75) is 17.7 Å². The number of furan rings is 1. The fourth-order valence-electron chi connectivity index (χ4n) is 3.00. The van der Waals surface area contributed by atoms with Gasteiger partial charge in [0.15, 0.2) is 5.76 Å². The molecule has 9 heteroatoms. The van der Waals surface area contributed by atoms with Crippen LogP contribution in [0.1, 0.15) is 23.4 Å². The number of carbonyl (C=O) groups is 1. The average Bonchev–Trinajstić information content (AvgIpc) is 3.41. The minimum absolute atomic E-state index is 0.0151. The highest BCUT2D eigenvalue weighted by Gasteiger charge is 2.19. The van der Waals surface area contributed by atoms with Gasteiger partial charge in [-0.2, -0.15) is 0 Å². The zero-order chi connectivity index (χ0) is 21.1. The number of carbonyl (C=O) groups excluding carboxylic acids is 1. The van der Waals surface area contributed by atoms with Crippen LogP contribution < -0.4 is 10.0 Å². The first-order valence-corrected chi connectivity index (χ1v) is 10.7. The number of sulfonamides is 1. The summed E-state index contributed by atoms with van der Waals surface area (Å²) in [4.78, 5) is 16.6. The van der Waals surface area contributed by atoms with Crippen LogP contribution in [-0.4, -0.2) is 26.7 Å². The molecule has 1 aliphatic heterocycles. The van der Waals surface area contributed by atoms with Gasteiger partial charge >= 0.3 is 0 Å². The van der Waals surface area contributed by atoms with E-state index in [0.717, 1.165) is 6.42 Å². The Balaban J connectivity index is 1.49. The monoisotopic (exact) mass is 427 g/mol. The fourth-order valence-corrected chi connectivity index (χ4v) is 4.13. The summed E-state index contributed by atoms with van der Waals surface area (Å²) in [6.45, 7) is 0.608. The van der Waals surface area contributed by atoms with Crippen LogP contribution in [0.25, 0.3) is 11.3 Å². The lowest BCUT2D eigenvalue weighted by Crippen LogP contribution is -2.29. The summed E-state index contributed by atoms with van der Waals surface area (Å²) >= 11 is 0. The largest absolute Gasteiger partial charge is 0.451 e. The topological polar surface area (TPSA) is 101 Å². The van der Waals surface area contributed by atoms with Crippen LogP contribution in [0.3, 0.4) is 0 Å². The second kappa shape index (κ2) is 8.11. The molecule has 30 heavy (non-hydrogen) atoms. The number of aliphatic imine (C=N–C) groups is 1. The maximum absolute atomic E-state index is 13.1. The molecule has 0 aliphatic carbocycles. The Kier molecular flexibility index (Phi) is 5.37. The van der Waals surface area contributed by atoms with E-state index in [1.165, 1.54) is 36.4 Å². The summed E-state index contributed by atoms with van der Waals surface area (Å²) < 4.78 is 46.1. The summed E-state index contributed by atoms with van der Waals surface area (Å²) in [7, 11) is -3.79. The number of rotatable bonds is 5. The molecule has 0 bridgehead atoms. The number of anilines is 1. The Labute approximate surface area is 172 Å². The molecule has 3 aromatic rings. The SMILES string of the molecule is O=C(Nc1cccc(S(=O)(=O)NC2=NCCC2)c1)c1ccc(-c2ccc(F)cc2)o1. The molecule has 2 N–H and O–H groups in total. The third kappa shape index (κ3) is 4.41. The van der Waals surface area contributed by atoms with Crippen LogP contribution in [0.2, 0.25) is 0 Å².